The van der Waals surface area contributed by atoms with Crippen LogP contribution in [0.4, 0.5) is 5.69 Å². The Morgan fingerprint density at radius 3 is 2.72 bits per heavy atom. The van der Waals surface area contributed by atoms with Gasteiger partial charge in [-0.25, -0.2) is 4.98 Å². The summed E-state index contributed by atoms with van der Waals surface area (Å²) in [6.07, 6.45) is 1.73. The Morgan fingerprint density at radius 2 is 1.94 bits per heavy atom. The number of fused-ring (bicyclic) bond motifs is 1. The van der Waals surface area contributed by atoms with Crippen molar-refractivity contribution in [3.05, 3.63) is 60.3 Å². The normalized spacial score (nSPS) is 10.7. The number of aromatic nitrogens is 1. The Morgan fingerprint density at radius 1 is 1.11 bits per heavy atom. The first kappa shape index (κ1) is 10.8. The average molecular weight is 238 g/mol. The number of nitrogens with zero attached hydrogens (tertiary/aromatic N) is 1. The van der Waals surface area contributed by atoms with E-state index in [1.54, 1.807) is 6.20 Å². The van der Waals surface area contributed by atoms with E-state index >= 15 is 0 Å². The molecule has 1 N–H and O–H groups in total. The van der Waals surface area contributed by atoms with Crippen molar-refractivity contribution in [1.29, 1.82) is 0 Å². The maximum absolute atomic E-state index is 5.42. The van der Waals surface area contributed by atoms with Crippen molar-refractivity contribution in [2.75, 3.05) is 5.32 Å². The summed E-state index contributed by atoms with van der Waals surface area (Å²) in [5, 5.41) is 5.78. The second kappa shape index (κ2) is 4.53. The quantitative estimate of drug-likeness (QED) is 0.755. The summed E-state index contributed by atoms with van der Waals surface area (Å²) < 4.78 is 5.42. The molecule has 0 bridgehead atoms. The summed E-state index contributed by atoms with van der Waals surface area (Å²) in [6, 6.07) is 14.6. The van der Waals surface area contributed by atoms with Gasteiger partial charge < -0.3 is 9.73 Å². The summed E-state index contributed by atoms with van der Waals surface area (Å²) >= 11 is 0. The fraction of sp³-hybridized carbons (Fsp3) is 0.133. The van der Waals surface area contributed by atoms with Crippen molar-refractivity contribution in [3.8, 4) is 0 Å². The highest BCUT2D eigenvalue weighted by Gasteiger charge is 2.00. The number of anilines is 1. The molecule has 0 aliphatic heterocycles. The van der Waals surface area contributed by atoms with Crippen LogP contribution < -0.4 is 5.32 Å². The van der Waals surface area contributed by atoms with Gasteiger partial charge in [-0.3, -0.25) is 0 Å². The van der Waals surface area contributed by atoms with Crippen molar-refractivity contribution in [3.63, 3.8) is 0 Å². The molecule has 0 aliphatic rings. The number of aryl methyl sites for hydroxylation is 1. The van der Waals surface area contributed by atoms with Gasteiger partial charge >= 0.3 is 0 Å². The second-order valence-electron chi connectivity index (χ2n) is 4.28. The van der Waals surface area contributed by atoms with Gasteiger partial charge in [0.25, 0.3) is 0 Å². The zero-order valence-electron chi connectivity index (χ0n) is 10.2. The lowest BCUT2D eigenvalue weighted by molar-refractivity contribution is 0.479. The Bertz CT molecular complexity index is 673. The average Bonchev–Trinajstić information content (AvgIpc) is 2.82. The van der Waals surface area contributed by atoms with Gasteiger partial charge in [-0.2, -0.15) is 0 Å². The van der Waals surface area contributed by atoms with Crippen LogP contribution in [0.5, 0.6) is 0 Å². The number of nitrogens with one attached hydrogen (secondary N) is 1. The van der Waals surface area contributed by atoms with Gasteiger partial charge in [0.15, 0.2) is 0 Å². The lowest BCUT2D eigenvalue weighted by Crippen LogP contribution is -1.99. The molecule has 0 spiro atoms. The lowest BCUT2D eigenvalue weighted by Gasteiger charge is -2.05. The Labute approximate surface area is 105 Å². The van der Waals surface area contributed by atoms with E-state index in [2.05, 4.69) is 40.6 Å². The molecule has 0 saturated carbocycles. The third kappa shape index (κ3) is 2.20. The summed E-state index contributed by atoms with van der Waals surface area (Å²) in [5.74, 6) is 1.55. The van der Waals surface area contributed by atoms with Crippen LogP contribution in [0.1, 0.15) is 11.7 Å². The van der Waals surface area contributed by atoms with Crippen molar-refractivity contribution in [2.24, 2.45) is 0 Å². The highest BCUT2D eigenvalue weighted by Crippen LogP contribution is 2.19. The van der Waals surface area contributed by atoms with E-state index < -0.39 is 0 Å². The molecule has 0 atom stereocenters. The van der Waals surface area contributed by atoms with Gasteiger partial charge in [-0.05, 0) is 29.8 Å². The van der Waals surface area contributed by atoms with Crippen LogP contribution in [-0.4, -0.2) is 4.98 Å². The second-order valence-corrected chi connectivity index (χ2v) is 4.28. The first-order valence-corrected chi connectivity index (χ1v) is 5.95. The van der Waals surface area contributed by atoms with E-state index in [9.17, 15) is 0 Å². The number of benzene rings is 2. The number of rotatable bonds is 3. The number of hydrogen-bond acceptors (Lipinski definition) is 3. The molecule has 3 nitrogen and oxygen atoms in total. The van der Waals surface area contributed by atoms with E-state index in [1.165, 1.54) is 10.8 Å². The maximum Gasteiger partial charge on any atom is 0.213 e. The Hall–Kier alpha value is -2.29. The van der Waals surface area contributed by atoms with E-state index in [-0.39, 0.29) is 0 Å². The molecule has 1 heterocycles. The van der Waals surface area contributed by atoms with Gasteiger partial charge in [0, 0.05) is 5.69 Å². The van der Waals surface area contributed by atoms with E-state index in [0.29, 0.717) is 12.4 Å². The van der Waals surface area contributed by atoms with Crippen molar-refractivity contribution in [2.45, 2.75) is 13.5 Å². The lowest BCUT2D eigenvalue weighted by atomic mass is 10.1. The van der Waals surface area contributed by atoms with Gasteiger partial charge in [0.1, 0.15) is 5.76 Å². The molecule has 0 saturated heterocycles. The third-order valence-corrected chi connectivity index (χ3v) is 2.86. The smallest absolute Gasteiger partial charge is 0.213 e. The molecule has 2 aromatic carbocycles. The first-order chi connectivity index (χ1) is 8.81. The van der Waals surface area contributed by atoms with Gasteiger partial charge in [0.05, 0.1) is 12.7 Å². The van der Waals surface area contributed by atoms with Crippen molar-refractivity contribution < 1.29 is 4.42 Å². The van der Waals surface area contributed by atoms with E-state index in [0.717, 1.165) is 11.4 Å². The molecular formula is C15H14N2O. The van der Waals surface area contributed by atoms with Crippen LogP contribution in [0, 0.1) is 6.92 Å². The number of hydrogen-bond donors (Lipinski definition) is 1. The van der Waals surface area contributed by atoms with Gasteiger partial charge in [-0.1, -0.05) is 30.3 Å². The number of oxazole rings is 1. The fourth-order valence-corrected chi connectivity index (χ4v) is 1.96. The predicted molar refractivity (Wildman–Crippen MR) is 72.5 cm³/mol. The largest absolute Gasteiger partial charge is 0.444 e. The minimum atomic E-state index is 0.603. The third-order valence-electron chi connectivity index (χ3n) is 2.86. The molecular weight excluding hydrogens is 224 g/mol. The molecule has 3 aromatic rings. The maximum atomic E-state index is 5.42. The molecule has 3 rings (SSSR count). The zero-order valence-corrected chi connectivity index (χ0v) is 10.2. The highest BCUT2D eigenvalue weighted by atomic mass is 16.4. The highest BCUT2D eigenvalue weighted by molar-refractivity contribution is 5.85. The van der Waals surface area contributed by atoms with E-state index in [4.69, 9.17) is 4.42 Å². The fourth-order valence-electron chi connectivity index (χ4n) is 1.96. The molecule has 0 amide bonds. The standard InChI is InChI=1S/C15H14N2O/c1-11-9-17-15(18-11)10-16-14-7-6-12-4-2-3-5-13(12)8-14/h2-9,16H,10H2,1H3. The van der Waals surface area contributed by atoms with Gasteiger partial charge in [-0.15, -0.1) is 0 Å². The topological polar surface area (TPSA) is 38.1 Å². The molecule has 0 aliphatic carbocycles. The zero-order chi connectivity index (χ0) is 12.4. The van der Waals surface area contributed by atoms with Crippen molar-refractivity contribution in [1.82, 2.24) is 4.98 Å². The summed E-state index contributed by atoms with van der Waals surface area (Å²) in [7, 11) is 0. The van der Waals surface area contributed by atoms with Crippen LogP contribution in [0.25, 0.3) is 10.8 Å². The molecule has 1 aromatic heterocycles. The van der Waals surface area contributed by atoms with Crippen LogP contribution in [0.3, 0.4) is 0 Å². The van der Waals surface area contributed by atoms with Crippen molar-refractivity contribution >= 4 is 16.5 Å². The predicted octanol–water partition coefficient (Wildman–Crippen LogP) is 3.75. The molecule has 3 heteroatoms. The Kier molecular flexibility index (Phi) is 2.73. The monoisotopic (exact) mass is 238 g/mol. The van der Waals surface area contributed by atoms with Crippen LogP contribution >= 0.6 is 0 Å². The molecule has 90 valence electrons. The minimum absolute atomic E-state index is 0.603. The summed E-state index contributed by atoms with van der Waals surface area (Å²) in [6.45, 7) is 2.50. The van der Waals surface area contributed by atoms with Crippen LogP contribution in [0.2, 0.25) is 0 Å². The summed E-state index contributed by atoms with van der Waals surface area (Å²) in [4.78, 5) is 4.16. The SMILES string of the molecule is Cc1cnc(CNc2ccc3ccccc3c2)o1. The van der Waals surface area contributed by atoms with Crippen LogP contribution in [0.15, 0.2) is 53.1 Å². The molecule has 0 unspecified atom stereocenters. The minimum Gasteiger partial charge on any atom is -0.444 e. The first-order valence-electron chi connectivity index (χ1n) is 5.95. The van der Waals surface area contributed by atoms with Gasteiger partial charge in [0.2, 0.25) is 5.89 Å². The van der Waals surface area contributed by atoms with E-state index in [1.807, 2.05) is 19.1 Å². The molecule has 0 radical (unpaired) electrons. The molecule has 0 fully saturated rings. The van der Waals surface area contributed by atoms with Crippen LogP contribution in [-0.2, 0) is 6.54 Å². The molecule has 18 heavy (non-hydrogen) atoms. The Balaban J connectivity index is 1.78. The summed E-state index contributed by atoms with van der Waals surface area (Å²) in [5.41, 5.74) is 1.07.